The highest BCUT2D eigenvalue weighted by Gasteiger charge is 2.26. The van der Waals surface area contributed by atoms with Gasteiger partial charge in [0.15, 0.2) is 18.1 Å². The molecule has 4 rings (SSSR count). The van der Waals surface area contributed by atoms with Gasteiger partial charge in [0, 0.05) is 23.8 Å². The number of carbonyl (C=O) groups is 2. The van der Waals surface area contributed by atoms with Gasteiger partial charge in [-0.2, -0.15) is 0 Å². The number of halogens is 2. The lowest BCUT2D eigenvalue weighted by Crippen LogP contribution is -2.49. The van der Waals surface area contributed by atoms with Gasteiger partial charge in [0.25, 0.3) is 15.9 Å². The van der Waals surface area contributed by atoms with Crippen LogP contribution in [-0.4, -0.2) is 58.5 Å². The second-order valence-corrected chi connectivity index (χ2v) is 12.5. The van der Waals surface area contributed by atoms with Crippen LogP contribution in [0.2, 0.25) is 5.02 Å². The summed E-state index contributed by atoms with van der Waals surface area (Å²) in [6.45, 7) is 1.67. The molecule has 0 aliphatic carbocycles. The summed E-state index contributed by atoms with van der Waals surface area (Å²) < 4.78 is 57.3. The van der Waals surface area contributed by atoms with Crippen molar-refractivity contribution in [3.63, 3.8) is 0 Å². The third kappa shape index (κ3) is 9.84. The van der Waals surface area contributed by atoms with Crippen LogP contribution in [0.4, 0.5) is 10.1 Å². The Morgan fingerprint density at radius 3 is 2.15 bits per heavy atom. The quantitative estimate of drug-likeness (QED) is 0.171. The summed E-state index contributed by atoms with van der Waals surface area (Å²) in [6.07, 6.45) is 0.526. The van der Waals surface area contributed by atoms with Crippen molar-refractivity contribution in [3.8, 4) is 17.2 Å². The third-order valence-corrected chi connectivity index (χ3v) is 8.84. The molecule has 2 N–H and O–H groups in total. The topological polar surface area (TPSA) is 123 Å². The Kier molecular flexibility index (Phi) is 12.0. The van der Waals surface area contributed by atoms with E-state index in [1.54, 1.807) is 51.5 Å². The van der Waals surface area contributed by atoms with Gasteiger partial charge >= 0.3 is 0 Å². The summed E-state index contributed by atoms with van der Waals surface area (Å²) >= 11 is 6.04. The summed E-state index contributed by atoms with van der Waals surface area (Å²) in [6, 6.07) is 22.0. The zero-order valence-corrected chi connectivity index (χ0v) is 27.6. The number of hydrogen-bond acceptors (Lipinski definition) is 7. The number of ether oxygens (including phenoxy) is 3. The Morgan fingerprint density at radius 2 is 1.51 bits per heavy atom. The Labute approximate surface area is 278 Å². The number of anilines is 1. The largest absolute Gasteiger partial charge is 0.493 e. The first kappa shape index (κ1) is 35.1. The van der Waals surface area contributed by atoms with E-state index in [0.717, 1.165) is 23.3 Å². The first-order valence-corrected chi connectivity index (χ1v) is 16.4. The van der Waals surface area contributed by atoms with Crippen molar-refractivity contribution in [1.82, 2.24) is 10.2 Å². The number of methoxy groups -OCH3 is 2. The van der Waals surface area contributed by atoms with E-state index in [0.29, 0.717) is 29.5 Å². The predicted molar refractivity (Wildman–Crippen MR) is 177 cm³/mol. The van der Waals surface area contributed by atoms with E-state index < -0.39 is 34.4 Å². The molecule has 248 valence electrons. The molecule has 10 nitrogen and oxygen atoms in total. The lowest BCUT2D eigenvalue weighted by molar-refractivity contribution is -0.142. The van der Waals surface area contributed by atoms with Crippen LogP contribution in [0.5, 0.6) is 17.2 Å². The van der Waals surface area contributed by atoms with Crippen molar-refractivity contribution in [3.05, 3.63) is 113 Å². The minimum absolute atomic E-state index is 0.0526. The maximum absolute atomic E-state index is 13.4. The molecule has 13 heteroatoms. The number of hydrogen-bond donors (Lipinski definition) is 2. The fourth-order valence-corrected chi connectivity index (χ4v) is 5.74. The lowest BCUT2D eigenvalue weighted by Gasteiger charge is -2.29. The van der Waals surface area contributed by atoms with E-state index >= 15 is 0 Å². The highest BCUT2D eigenvalue weighted by Crippen LogP contribution is 2.27. The van der Waals surface area contributed by atoms with Gasteiger partial charge in [-0.3, -0.25) is 14.3 Å². The molecule has 0 saturated carbocycles. The predicted octanol–water partition coefficient (Wildman–Crippen LogP) is 5.45. The first-order chi connectivity index (χ1) is 22.5. The average Bonchev–Trinajstić information content (AvgIpc) is 3.07. The third-order valence-electron chi connectivity index (χ3n) is 7.19. The van der Waals surface area contributed by atoms with Crippen LogP contribution in [0.15, 0.2) is 95.9 Å². The molecule has 1 unspecified atom stereocenters. The fourth-order valence-electron chi connectivity index (χ4n) is 4.56. The number of amides is 2. The molecule has 0 bridgehead atoms. The molecule has 0 radical (unpaired) electrons. The van der Waals surface area contributed by atoms with Gasteiger partial charge in [-0.05, 0) is 97.3 Å². The maximum atomic E-state index is 13.4. The minimum atomic E-state index is -3.95. The van der Waals surface area contributed by atoms with Gasteiger partial charge in [0.05, 0.1) is 19.1 Å². The Morgan fingerprint density at radius 1 is 0.872 bits per heavy atom. The van der Waals surface area contributed by atoms with Crippen LogP contribution in [0.25, 0.3) is 0 Å². The van der Waals surface area contributed by atoms with Crippen molar-refractivity contribution >= 4 is 39.1 Å². The molecule has 4 aromatic carbocycles. The Hall–Kier alpha value is -4.81. The second-order valence-electron chi connectivity index (χ2n) is 10.4. The number of nitrogens with one attached hydrogen (secondary N) is 2. The molecule has 2 amide bonds. The fraction of sp³-hybridized carbons (Fsp3) is 0.235. The number of benzene rings is 4. The lowest BCUT2D eigenvalue weighted by atomic mass is 10.1. The van der Waals surface area contributed by atoms with Crippen molar-refractivity contribution in [2.75, 3.05) is 32.1 Å². The van der Waals surface area contributed by atoms with Crippen molar-refractivity contribution in [2.45, 2.75) is 30.8 Å². The van der Waals surface area contributed by atoms with Crippen LogP contribution in [0, 0.1) is 5.82 Å². The molecule has 0 fully saturated rings. The molecule has 0 aromatic heterocycles. The molecule has 0 aliphatic heterocycles. The van der Waals surface area contributed by atoms with Crippen molar-refractivity contribution < 1.29 is 36.6 Å². The zero-order chi connectivity index (χ0) is 34.0. The molecular formula is C34H35ClFN3O7S. The summed E-state index contributed by atoms with van der Waals surface area (Å²) in [5.41, 5.74) is 1.90. The molecule has 4 aromatic rings. The summed E-state index contributed by atoms with van der Waals surface area (Å²) in [5.74, 6) is 0.136. The normalized spacial score (nSPS) is 11.7. The maximum Gasteiger partial charge on any atom is 0.261 e. The molecule has 0 saturated heterocycles. The number of rotatable bonds is 15. The van der Waals surface area contributed by atoms with E-state index in [-0.39, 0.29) is 28.8 Å². The zero-order valence-electron chi connectivity index (χ0n) is 26.0. The number of carbonyl (C=O) groups excluding carboxylic acids is 2. The van der Waals surface area contributed by atoms with E-state index in [1.807, 2.05) is 12.1 Å². The molecular weight excluding hydrogens is 649 g/mol. The highest BCUT2D eigenvalue weighted by molar-refractivity contribution is 7.92. The highest BCUT2D eigenvalue weighted by atomic mass is 35.5. The molecule has 0 aliphatic rings. The van der Waals surface area contributed by atoms with E-state index in [4.69, 9.17) is 25.8 Å². The van der Waals surface area contributed by atoms with E-state index in [9.17, 15) is 22.4 Å². The van der Waals surface area contributed by atoms with Crippen molar-refractivity contribution in [1.29, 1.82) is 0 Å². The van der Waals surface area contributed by atoms with Gasteiger partial charge in [0.1, 0.15) is 17.6 Å². The van der Waals surface area contributed by atoms with Crippen LogP contribution >= 0.6 is 11.6 Å². The molecule has 0 heterocycles. The Bertz CT molecular complexity index is 1770. The van der Waals surface area contributed by atoms with Gasteiger partial charge in [0.2, 0.25) is 5.91 Å². The summed E-state index contributed by atoms with van der Waals surface area (Å²) in [7, 11) is -0.839. The van der Waals surface area contributed by atoms with Crippen LogP contribution in [0.3, 0.4) is 0 Å². The SMILES string of the molecule is COc1ccc(CCNC(=O)C(C)N(Cc2ccc(Cl)cc2)C(=O)COc2ccc(S(=O)(=O)Nc3ccc(F)cc3)cc2)cc1OC. The van der Waals surface area contributed by atoms with Crippen LogP contribution < -0.4 is 24.2 Å². The molecule has 0 spiro atoms. The van der Waals surface area contributed by atoms with E-state index in [1.165, 1.54) is 41.3 Å². The minimum Gasteiger partial charge on any atom is -0.493 e. The van der Waals surface area contributed by atoms with Crippen LogP contribution in [0.1, 0.15) is 18.1 Å². The van der Waals surface area contributed by atoms with Gasteiger partial charge < -0.3 is 24.4 Å². The second kappa shape index (κ2) is 16.1. The average molecular weight is 684 g/mol. The monoisotopic (exact) mass is 683 g/mol. The van der Waals surface area contributed by atoms with Crippen LogP contribution in [-0.2, 0) is 32.6 Å². The first-order valence-electron chi connectivity index (χ1n) is 14.5. The van der Waals surface area contributed by atoms with Gasteiger partial charge in [-0.1, -0.05) is 29.8 Å². The number of nitrogens with zero attached hydrogens (tertiary/aromatic N) is 1. The van der Waals surface area contributed by atoms with Crippen molar-refractivity contribution in [2.24, 2.45) is 0 Å². The molecule has 1 atom stereocenters. The Balaban J connectivity index is 1.39. The van der Waals surface area contributed by atoms with E-state index in [2.05, 4.69) is 10.0 Å². The standard InChI is InChI=1S/C34H35ClFN3O7S/c1-23(34(41)37-19-18-24-6-17-31(44-2)32(20-24)45-3)39(21-25-4-7-26(35)8-5-25)33(40)22-46-29-13-15-30(16-14-29)47(42,43)38-28-11-9-27(36)10-12-28/h4-17,20,23,38H,18-19,21-22H2,1-3H3,(H,37,41). The smallest absolute Gasteiger partial charge is 0.261 e. The summed E-state index contributed by atoms with van der Waals surface area (Å²) in [5, 5.41) is 3.43. The van der Waals surface area contributed by atoms with Gasteiger partial charge in [-0.15, -0.1) is 0 Å². The molecule has 47 heavy (non-hydrogen) atoms. The number of sulfonamides is 1. The summed E-state index contributed by atoms with van der Waals surface area (Å²) in [4.78, 5) is 28.0. The van der Waals surface area contributed by atoms with Gasteiger partial charge in [-0.25, -0.2) is 12.8 Å².